The number of nitrogens with one attached hydrogen (secondary N) is 1. The fourth-order valence-corrected chi connectivity index (χ4v) is 4.06. The Hall–Kier alpha value is -2.63. The molecule has 142 valence electrons. The van der Waals surface area contributed by atoms with E-state index >= 15 is 0 Å². The fraction of sp³-hybridized carbons (Fsp3) is 0.476. The SMILES string of the molecule is Cc1ccc(N2C[C@H]3CN(C(=O)Nc4ccc(C(C)C)cc4)C[C@H]3C2)nn1. The minimum atomic E-state index is 0.00312. The first-order valence-electron chi connectivity index (χ1n) is 9.71. The van der Waals surface area contributed by atoms with Gasteiger partial charge in [0.05, 0.1) is 5.69 Å². The van der Waals surface area contributed by atoms with Crippen LogP contribution in [-0.4, -0.2) is 47.3 Å². The minimum Gasteiger partial charge on any atom is -0.354 e. The molecule has 0 unspecified atom stereocenters. The molecule has 6 nitrogen and oxygen atoms in total. The zero-order valence-corrected chi connectivity index (χ0v) is 16.2. The zero-order chi connectivity index (χ0) is 19.0. The van der Waals surface area contributed by atoms with Crippen molar-refractivity contribution in [3.63, 3.8) is 0 Å². The van der Waals surface area contributed by atoms with Crippen LogP contribution in [0.15, 0.2) is 36.4 Å². The number of fused-ring (bicyclic) bond motifs is 1. The summed E-state index contributed by atoms with van der Waals surface area (Å²) in [5.41, 5.74) is 3.07. The lowest BCUT2D eigenvalue weighted by Gasteiger charge is -2.22. The Bertz CT molecular complexity index is 788. The average Bonchev–Trinajstić information content (AvgIpc) is 3.22. The molecule has 1 aromatic heterocycles. The first kappa shape index (κ1) is 17.8. The molecule has 27 heavy (non-hydrogen) atoms. The Morgan fingerprint density at radius 2 is 1.67 bits per heavy atom. The lowest BCUT2D eigenvalue weighted by molar-refractivity contribution is 0.219. The van der Waals surface area contributed by atoms with Gasteiger partial charge in [-0.3, -0.25) is 0 Å². The zero-order valence-electron chi connectivity index (χ0n) is 16.2. The van der Waals surface area contributed by atoms with Crippen LogP contribution >= 0.6 is 0 Å². The highest BCUT2D eigenvalue weighted by Gasteiger charge is 2.42. The molecular weight excluding hydrogens is 338 g/mol. The number of benzene rings is 1. The number of carbonyl (C=O) groups excluding carboxylic acids is 1. The van der Waals surface area contributed by atoms with E-state index in [0.29, 0.717) is 17.8 Å². The fourth-order valence-electron chi connectivity index (χ4n) is 4.06. The van der Waals surface area contributed by atoms with E-state index in [4.69, 9.17) is 0 Å². The molecule has 2 aliphatic heterocycles. The Morgan fingerprint density at radius 3 is 2.22 bits per heavy atom. The molecule has 1 N–H and O–H groups in total. The molecule has 3 heterocycles. The van der Waals surface area contributed by atoms with Crippen molar-refractivity contribution in [1.82, 2.24) is 15.1 Å². The number of likely N-dealkylation sites (tertiary alicyclic amines) is 1. The summed E-state index contributed by atoms with van der Waals surface area (Å²) in [6, 6.07) is 12.2. The standard InChI is InChI=1S/C21H27N5O/c1-14(2)16-5-7-19(8-6-16)22-21(27)26-12-17-10-25(11-18(17)13-26)20-9-4-15(3)23-24-20/h4-9,14,17-18H,10-13H2,1-3H3,(H,22,27)/t17-,18+. The number of rotatable bonds is 3. The molecule has 0 saturated carbocycles. The van der Waals surface area contributed by atoms with Gasteiger partial charge in [0.25, 0.3) is 0 Å². The Kier molecular flexibility index (Phi) is 4.72. The maximum atomic E-state index is 12.6. The summed E-state index contributed by atoms with van der Waals surface area (Å²) in [6.45, 7) is 9.77. The van der Waals surface area contributed by atoms with Crippen LogP contribution in [0.25, 0.3) is 0 Å². The number of nitrogens with zero attached hydrogens (tertiary/aromatic N) is 4. The second-order valence-electron chi connectivity index (χ2n) is 8.07. The van der Waals surface area contributed by atoms with Crippen molar-refractivity contribution in [2.24, 2.45) is 11.8 Å². The largest absolute Gasteiger partial charge is 0.354 e. The molecule has 6 heteroatoms. The van der Waals surface area contributed by atoms with Gasteiger partial charge in [-0.05, 0) is 42.7 Å². The first-order chi connectivity index (χ1) is 13.0. The van der Waals surface area contributed by atoms with Crippen LogP contribution in [0.5, 0.6) is 0 Å². The second-order valence-corrected chi connectivity index (χ2v) is 8.07. The van der Waals surface area contributed by atoms with Gasteiger partial charge in [0.15, 0.2) is 5.82 Å². The van der Waals surface area contributed by atoms with Gasteiger partial charge in [-0.2, -0.15) is 5.10 Å². The van der Waals surface area contributed by atoms with Crippen LogP contribution in [0, 0.1) is 18.8 Å². The number of carbonyl (C=O) groups is 1. The van der Waals surface area contributed by atoms with Gasteiger partial charge in [0, 0.05) is 43.7 Å². The number of hydrogen-bond acceptors (Lipinski definition) is 4. The van der Waals surface area contributed by atoms with Crippen molar-refractivity contribution in [1.29, 1.82) is 0 Å². The van der Waals surface area contributed by atoms with Gasteiger partial charge in [-0.25, -0.2) is 4.79 Å². The van der Waals surface area contributed by atoms with Crippen molar-refractivity contribution in [2.75, 3.05) is 36.4 Å². The highest BCUT2D eigenvalue weighted by molar-refractivity contribution is 5.89. The van der Waals surface area contributed by atoms with E-state index in [2.05, 4.69) is 46.4 Å². The van der Waals surface area contributed by atoms with Crippen molar-refractivity contribution in [3.8, 4) is 0 Å². The van der Waals surface area contributed by atoms with Gasteiger partial charge < -0.3 is 15.1 Å². The Balaban J connectivity index is 1.33. The van der Waals surface area contributed by atoms with Crippen molar-refractivity contribution < 1.29 is 4.79 Å². The Labute approximate surface area is 160 Å². The predicted molar refractivity (Wildman–Crippen MR) is 107 cm³/mol. The van der Waals surface area contributed by atoms with E-state index in [1.165, 1.54) is 5.56 Å². The van der Waals surface area contributed by atoms with E-state index in [9.17, 15) is 4.79 Å². The normalized spacial score (nSPS) is 21.6. The van der Waals surface area contributed by atoms with E-state index in [0.717, 1.165) is 43.4 Å². The number of amides is 2. The van der Waals surface area contributed by atoms with Gasteiger partial charge in [0.1, 0.15) is 0 Å². The summed E-state index contributed by atoms with van der Waals surface area (Å²) < 4.78 is 0. The molecule has 2 aromatic rings. The van der Waals surface area contributed by atoms with Gasteiger partial charge in [0.2, 0.25) is 0 Å². The summed E-state index contributed by atoms with van der Waals surface area (Å²) in [7, 11) is 0. The quantitative estimate of drug-likeness (QED) is 0.904. The third kappa shape index (κ3) is 3.75. The second kappa shape index (κ2) is 7.18. The highest BCUT2D eigenvalue weighted by atomic mass is 16.2. The third-order valence-corrected chi connectivity index (χ3v) is 5.71. The third-order valence-electron chi connectivity index (χ3n) is 5.71. The number of anilines is 2. The first-order valence-corrected chi connectivity index (χ1v) is 9.71. The smallest absolute Gasteiger partial charge is 0.321 e. The van der Waals surface area contributed by atoms with Crippen LogP contribution < -0.4 is 10.2 Å². The summed E-state index contributed by atoms with van der Waals surface area (Å²) in [4.78, 5) is 16.9. The Morgan fingerprint density at radius 1 is 1.00 bits per heavy atom. The monoisotopic (exact) mass is 365 g/mol. The van der Waals surface area contributed by atoms with Crippen LogP contribution in [0.3, 0.4) is 0 Å². The summed E-state index contributed by atoms with van der Waals surface area (Å²) in [5.74, 6) is 2.44. The number of aryl methyl sites for hydroxylation is 1. The lowest BCUT2D eigenvalue weighted by Crippen LogP contribution is -2.36. The van der Waals surface area contributed by atoms with Crippen LogP contribution in [0.2, 0.25) is 0 Å². The minimum absolute atomic E-state index is 0.00312. The van der Waals surface area contributed by atoms with Crippen molar-refractivity contribution in [3.05, 3.63) is 47.7 Å². The number of aromatic nitrogens is 2. The van der Waals surface area contributed by atoms with E-state index in [1.807, 2.05) is 36.1 Å². The van der Waals surface area contributed by atoms with Gasteiger partial charge in [-0.1, -0.05) is 26.0 Å². The van der Waals surface area contributed by atoms with Crippen LogP contribution in [-0.2, 0) is 0 Å². The number of urea groups is 1. The van der Waals surface area contributed by atoms with Crippen LogP contribution in [0.4, 0.5) is 16.3 Å². The predicted octanol–water partition coefficient (Wildman–Crippen LogP) is 3.51. The molecule has 2 aliphatic rings. The topological polar surface area (TPSA) is 61.4 Å². The molecule has 2 amide bonds. The van der Waals surface area contributed by atoms with Crippen LogP contribution in [0.1, 0.15) is 31.0 Å². The summed E-state index contributed by atoms with van der Waals surface area (Å²) in [6.07, 6.45) is 0. The molecule has 0 aliphatic carbocycles. The molecule has 0 bridgehead atoms. The maximum Gasteiger partial charge on any atom is 0.321 e. The van der Waals surface area contributed by atoms with Gasteiger partial charge >= 0.3 is 6.03 Å². The van der Waals surface area contributed by atoms with Crippen molar-refractivity contribution >= 4 is 17.5 Å². The molecule has 2 atom stereocenters. The number of hydrogen-bond donors (Lipinski definition) is 1. The molecule has 0 radical (unpaired) electrons. The molecule has 1 aromatic carbocycles. The average molecular weight is 365 g/mol. The molecular formula is C21H27N5O. The summed E-state index contributed by atoms with van der Waals surface area (Å²) >= 11 is 0. The van der Waals surface area contributed by atoms with E-state index in [1.54, 1.807) is 0 Å². The molecule has 2 fully saturated rings. The molecule has 4 rings (SSSR count). The van der Waals surface area contributed by atoms with E-state index in [-0.39, 0.29) is 6.03 Å². The van der Waals surface area contributed by atoms with E-state index < -0.39 is 0 Å². The molecule has 0 spiro atoms. The highest BCUT2D eigenvalue weighted by Crippen LogP contribution is 2.33. The maximum absolute atomic E-state index is 12.6. The lowest BCUT2D eigenvalue weighted by atomic mass is 10.0. The summed E-state index contributed by atoms with van der Waals surface area (Å²) in [5, 5.41) is 11.5. The molecule has 2 saturated heterocycles. The van der Waals surface area contributed by atoms with Gasteiger partial charge in [-0.15, -0.1) is 5.10 Å². The van der Waals surface area contributed by atoms with Crippen molar-refractivity contribution in [2.45, 2.75) is 26.7 Å².